The first kappa shape index (κ1) is 18.9. The average molecular weight is 394 g/mol. The highest BCUT2D eigenvalue weighted by molar-refractivity contribution is 5.94. The predicted octanol–water partition coefficient (Wildman–Crippen LogP) is 3.58. The van der Waals surface area contributed by atoms with Gasteiger partial charge in [0, 0.05) is 17.5 Å². The number of hydrogen-bond acceptors (Lipinski definition) is 5. The van der Waals surface area contributed by atoms with Gasteiger partial charge in [-0.1, -0.05) is 12.1 Å². The maximum Gasteiger partial charge on any atom is 0.258 e. The zero-order valence-corrected chi connectivity index (χ0v) is 16.3. The molecule has 0 saturated heterocycles. The summed E-state index contributed by atoms with van der Waals surface area (Å²) < 4.78 is 16.8. The van der Waals surface area contributed by atoms with E-state index in [1.54, 1.807) is 19.2 Å². The van der Waals surface area contributed by atoms with Crippen molar-refractivity contribution in [3.8, 4) is 11.5 Å². The van der Waals surface area contributed by atoms with E-state index >= 15 is 0 Å². The molecule has 1 aromatic heterocycles. The molecule has 1 aliphatic heterocycles. The SMILES string of the molecule is COc1cccc2cc(C(C)NC(=O)COc3ccc4c(c3)CCC(=O)N4)oc12. The summed E-state index contributed by atoms with van der Waals surface area (Å²) in [5, 5.41) is 6.61. The standard InChI is InChI=1S/C22H22N2O5/c1-13(19-11-15-4-3-5-18(27-2)22(15)29-19)23-21(26)12-28-16-7-8-17-14(10-16)6-9-20(25)24-17/h3-5,7-8,10-11,13H,6,9,12H2,1-2H3,(H,23,26)(H,24,25). The molecule has 3 aromatic rings. The van der Waals surface area contributed by atoms with Crippen LogP contribution >= 0.6 is 0 Å². The molecule has 0 fully saturated rings. The smallest absolute Gasteiger partial charge is 0.258 e. The lowest BCUT2D eigenvalue weighted by Crippen LogP contribution is -2.31. The van der Waals surface area contributed by atoms with Crippen LogP contribution in [0.2, 0.25) is 0 Å². The highest BCUT2D eigenvalue weighted by Gasteiger charge is 2.18. The molecular formula is C22H22N2O5. The Hall–Kier alpha value is -3.48. The summed E-state index contributed by atoms with van der Waals surface area (Å²) in [5.74, 6) is 1.65. The van der Waals surface area contributed by atoms with Gasteiger partial charge in [-0.3, -0.25) is 9.59 Å². The van der Waals surface area contributed by atoms with E-state index in [-0.39, 0.29) is 24.5 Å². The topological polar surface area (TPSA) is 89.8 Å². The fraction of sp³-hybridized carbons (Fsp3) is 0.273. The molecule has 0 radical (unpaired) electrons. The van der Waals surface area contributed by atoms with Crippen LogP contribution in [0.3, 0.4) is 0 Å². The van der Waals surface area contributed by atoms with Crippen molar-refractivity contribution in [1.82, 2.24) is 5.32 Å². The number of amides is 2. The third-order valence-corrected chi connectivity index (χ3v) is 4.89. The second-order valence-corrected chi connectivity index (χ2v) is 6.97. The van der Waals surface area contributed by atoms with Crippen molar-refractivity contribution < 1.29 is 23.5 Å². The molecule has 1 aliphatic rings. The summed E-state index contributed by atoms with van der Waals surface area (Å²) in [6, 6.07) is 12.6. The van der Waals surface area contributed by atoms with Crippen LogP contribution < -0.4 is 20.1 Å². The molecule has 1 atom stereocenters. The molecule has 7 heteroatoms. The zero-order chi connectivity index (χ0) is 20.4. The predicted molar refractivity (Wildman–Crippen MR) is 108 cm³/mol. The van der Waals surface area contributed by atoms with Crippen molar-refractivity contribution in [2.24, 2.45) is 0 Å². The number of hydrogen-bond donors (Lipinski definition) is 2. The molecule has 2 N–H and O–H groups in total. The Morgan fingerprint density at radius 2 is 2.10 bits per heavy atom. The molecule has 0 aliphatic carbocycles. The Morgan fingerprint density at radius 3 is 2.93 bits per heavy atom. The molecule has 0 spiro atoms. The maximum atomic E-state index is 12.3. The van der Waals surface area contributed by atoms with Gasteiger partial charge in [0.2, 0.25) is 5.91 Å². The number of benzene rings is 2. The molecular weight excluding hydrogens is 372 g/mol. The minimum atomic E-state index is -0.318. The van der Waals surface area contributed by atoms with Gasteiger partial charge in [0.25, 0.3) is 5.91 Å². The van der Waals surface area contributed by atoms with E-state index in [0.29, 0.717) is 35.7 Å². The largest absolute Gasteiger partial charge is 0.493 e. The number of carbonyl (C=O) groups excluding carboxylic acids is 2. The Morgan fingerprint density at radius 1 is 1.24 bits per heavy atom. The van der Waals surface area contributed by atoms with Gasteiger partial charge in [-0.2, -0.15) is 0 Å². The van der Waals surface area contributed by atoms with Crippen LogP contribution in [-0.2, 0) is 16.0 Å². The lowest BCUT2D eigenvalue weighted by atomic mass is 10.0. The fourth-order valence-corrected chi connectivity index (χ4v) is 3.38. The third kappa shape index (κ3) is 4.03. The number of nitrogens with one attached hydrogen (secondary N) is 2. The Balaban J connectivity index is 1.37. The maximum absolute atomic E-state index is 12.3. The Bertz CT molecular complexity index is 1070. The monoisotopic (exact) mass is 394 g/mol. The summed E-state index contributed by atoms with van der Waals surface area (Å²) in [6.45, 7) is 1.74. The fourth-order valence-electron chi connectivity index (χ4n) is 3.38. The van der Waals surface area contributed by atoms with Crippen LogP contribution in [0.5, 0.6) is 11.5 Å². The van der Waals surface area contributed by atoms with Gasteiger partial charge >= 0.3 is 0 Å². The molecule has 7 nitrogen and oxygen atoms in total. The van der Waals surface area contributed by atoms with Gasteiger partial charge in [-0.15, -0.1) is 0 Å². The van der Waals surface area contributed by atoms with Crippen molar-refractivity contribution in [2.45, 2.75) is 25.8 Å². The third-order valence-electron chi connectivity index (χ3n) is 4.89. The molecule has 2 aromatic carbocycles. The van der Waals surface area contributed by atoms with Crippen molar-refractivity contribution in [3.05, 3.63) is 53.8 Å². The number of para-hydroxylation sites is 1. The normalized spacial score (nSPS) is 14.1. The second-order valence-electron chi connectivity index (χ2n) is 6.97. The Kier molecular flexibility index (Phi) is 5.12. The molecule has 1 unspecified atom stereocenters. The molecule has 0 saturated carbocycles. The molecule has 29 heavy (non-hydrogen) atoms. The van der Waals surface area contributed by atoms with Crippen LogP contribution in [-0.4, -0.2) is 25.5 Å². The van der Waals surface area contributed by atoms with Crippen molar-refractivity contribution in [2.75, 3.05) is 19.0 Å². The number of anilines is 1. The van der Waals surface area contributed by atoms with E-state index in [9.17, 15) is 9.59 Å². The first-order valence-electron chi connectivity index (χ1n) is 9.45. The average Bonchev–Trinajstić information content (AvgIpc) is 3.17. The van der Waals surface area contributed by atoms with Gasteiger partial charge in [0.15, 0.2) is 17.9 Å². The zero-order valence-electron chi connectivity index (χ0n) is 16.3. The first-order chi connectivity index (χ1) is 14.0. The van der Waals surface area contributed by atoms with Crippen molar-refractivity contribution in [3.63, 3.8) is 0 Å². The van der Waals surface area contributed by atoms with Crippen LogP contribution in [0.15, 0.2) is 46.9 Å². The quantitative estimate of drug-likeness (QED) is 0.667. The van der Waals surface area contributed by atoms with Gasteiger partial charge in [-0.05, 0) is 49.2 Å². The minimum absolute atomic E-state index is 0.0164. The van der Waals surface area contributed by atoms with E-state index in [0.717, 1.165) is 16.6 Å². The van der Waals surface area contributed by atoms with E-state index in [4.69, 9.17) is 13.9 Å². The van der Waals surface area contributed by atoms with E-state index in [1.165, 1.54) is 0 Å². The van der Waals surface area contributed by atoms with Gasteiger partial charge in [-0.25, -0.2) is 0 Å². The lowest BCUT2D eigenvalue weighted by molar-refractivity contribution is -0.123. The number of furan rings is 1. The number of aryl methyl sites for hydroxylation is 1. The number of carbonyl (C=O) groups is 2. The summed E-state index contributed by atoms with van der Waals surface area (Å²) in [6.07, 6.45) is 1.12. The number of ether oxygens (including phenoxy) is 2. The van der Waals surface area contributed by atoms with Crippen molar-refractivity contribution >= 4 is 28.5 Å². The first-order valence-corrected chi connectivity index (χ1v) is 9.45. The van der Waals surface area contributed by atoms with E-state index < -0.39 is 0 Å². The molecule has 150 valence electrons. The van der Waals surface area contributed by atoms with E-state index in [2.05, 4.69) is 10.6 Å². The van der Waals surface area contributed by atoms with E-state index in [1.807, 2.05) is 37.3 Å². The van der Waals surface area contributed by atoms with Gasteiger partial charge < -0.3 is 24.5 Å². The second kappa shape index (κ2) is 7.87. The van der Waals surface area contributed by atoms with Crippen molar-refractivity contribution in [1.29, 1.82) is 0 Å². The van der Waals surface area contributed by atoms with Crippen LogP contribution in [0.1, 0.15) is 30.7 Å². The minimum Gasteiger partial charge on any atom is -0.493 e. The molecule has 0 bridgehead atoms. The summed E-state index contributed by atoms with van der Waals surface area (Å²) in [4.78, 5) is 23.7. The van der Waals surface area contributed by atoms with Gasteiger partial charge in [0.1, 0.15) is 11.5 Å². The van der Waals surface area contributed by atoms with Crippen LogP contribution in [0.25, 0.3) is 11.0 Å². The van der Waals surface area contributed by atoms with Gasteiger partial charge in [0.05, 0.1) is 13.2 Å². The number of fused-ring (bicyclic) bond motifs is 2. The summed E-state index contributed by atoms with van der Waals surface area (Å²) in [7, 11) is 1.59. The molecule has 4 rings (SSSR count). The lowest BCUT2D eigenvalue weighted by Gasteiger charge is -2.18. The highest BCUT2D eigenvalue weighted by atomic mass is 16.5. The molecule has 2 amide bonds. The number of rotatable bonds is 6. The number of methoxy groups -OCH3 is 1. The Labute approximate surface area is 168 Å². The van der Waals surface area contributed by atoms with Crippen LogP contribution in [0.4, 0.5) is 5.69 Å². The highest BCUT2D eigenvalue weighted by Crippen LogP contribution is 2.31. The summed E-state index contributed by atoms with van der Waals surface area (Å²) in [5.41, 5.74) is 2.46. The molecule has 2 heterocycles. The van der Waals surface area contributed by atoms with Crippen LogP contribution in [0, 0.1) is 0 Å². The summed E-state index contributed by atoms with van der Waals surface area (Å²) >= 11 is 0.